The van der Waals surface area contributed by atoms with Crippen LogP contribution in [0, 0.1) is 5.92 Å². The van der Waals surface area contributed by atoms with Gasteiger partial charge in [-0.15, -0.1) is 0 Å². The largest absolute Gasteiger partial charge is 0.467 e. The molecular weight excluding hydrogens is 337 g/mol. The third-order valence-corrected chi connectivity index (χ3v) is 4.72. The van der Waals surface area contributed by atoms with Crippen LogP contribution in [0.15, 0.2) is 11.0 Å². The molecule has 0 aliphatic carbocycles. The van der Waals surface area contributed by atoms with Gasteiger partial charge in [-0.2, -0.15) is 4.98 Å². The van der Waals surface area contributed by atoms with Crippen molar-refractivity contribution in [1.29, 1.82) is 0 Å². The second-order valence-corrected chi connectivity index (χ2v) is 7.77. The van der Waals surface area contributed by atoms with Crippen LogP contribution < -0.4 is 5.69 Å². The van der Waals surface area contributed by atoms with E-state index in [1.54, 1.807) is 6.20 Å². The van der Waals surface area contributed by atoms with Crippen LogP contribution >= 0.6 is 0 Å². The highest BCUT2D eigenvalue weighted by Gasteiger charge is 2.28. The predicted octanol–water partition coefficient (Wildman–Crippen LogP) is 2.32. The molecule has 1 aromatic rings. The van der Waals surface area contributed by atoms with Crippen LogP contribution in [0.5, 0.6) is 0 Å². The van der Waals surface area contributed by atoms with Crippen molar-refractivity contribution >= 4 is 5.97 Å². The molecule has 1 aliphatic rings. The lowest BCUT2D eigenvalue weighted by atomic mass is 10.0. The molecule has 1 fully saturated rings. The highest BCUT2D eigenvalue weighted by molar-refractivity contribution is 5.74. The molecule has 26 heavy (non-hydrogen) atoms. The molecule has 1 aliphatic heterocycles. The van der Waals surface area contributed by atoms with Gasteiger partial charge in [-0.3, -0.25) is 9.47 Å². The minimum Gasteiger partial charge on any atom is -0.467 e. The van der Waals surface area contributed by atoms with Crippen molar-refractivity contribution in [2.75, 3.05) is 26.7 Å². The van der Waals surface area contributed by atoms with E-state index in [0.29, 0.717) is 32.5 Å². The number of likely N-dealkylation sites (tertiary alicyclic amines) is 1. The van der Waals surface area contributed by atoms with E-state index in [1.165, 1.54) is 11.7 Å². The molecule has 0 N–H and O–H groups in total. The van der Waals surface area contributed by atoms with Crippen molar-refractivity contribution < 1.29 is 13.9 Å². The topological polar surface area (TPSA) is 64.4 Å². The average Bonchev–Trinajstić information content (AvgIpc) is 2.55. The van der Waals surface area contributed by atoms with Crippen LogP contribution in [0.4, 0.5) is 4.39 Å². The van der Waals surface area contributed by atoms with Crippen LogP contribution in [0.3, 0.4) is 0 Å². The van der Waals surface area contributed by atoms with E-state index >= 15 is 0 Å². The Kier molecular flexibility index (Phi) is 6.92. The Hall–Kier alpha value is -1.76. The molecule has 0 aromatic carbocycles. The monoisotopic (exact) mass is 367 g/mol. The van der Waals surface area contributed by atoms with Gasteiger partial charge in [-0.1, -0.05) is 27.7 Å². The van der Waals surface area contributed by atoms with E-state index in [-0.39, 0.29) is 11.8 Å². The maximum absolute atomic E-state index is 13.0. The molecular formula is C19H30FN3O3. The summed E-state index contributed by atoms with van der Waals surface area (Å²) in [4.78, 5) is 31.1. The number of carbonyl (C=O) groups excluding carboxylic acids is 1. The first-order valence-corrected chi connectivity index (χ1v) is 9.29. The summed E-state index contributed by atoms with van der Waals surface area (Å²) in [6.45, 7) is 9.60. The summed E-state index contributed by atoms with van der Waals surface area (Å²) in [5, 5.41) is 0. The Morgan fingerprint density at radius 2 is 2.00 bits per heavy atom. The lowest BCUT2D eigenvalue weighted by Gasteiger charge is -2.34. The highest BCUT2D eigenvalue weighted by Crippen LogP contribution is 2.22. The predicted molar refractivity (Wildman–Crippen MR) is 98.1 cm³/mol. The first-order chi connectivity index (χ1) is 12.2. The molecule has 1 unspecified atom stereocenters. The summed E-state index contributed by atoms with van der Waals surface area (Å²) in [5.74, 6) is -0.116. The Balaban J connectivity index is 2.34. The summed E-state index contributed by atoms with van der Waals surface area (Å²) >= 11 is 0. The Morgan fingerprint density at radius 3 is 2.50 bits per heavy atom. The zero-order chi connectivity index (χ0) is 19.4. The van der Waals surface area contributed by atoms with Crippen molar-refractivity contribution in [2.45, 2.75) is 58.7 Å². The first-order valence-electron chi connectivity index (χ1n) is 9.29. The lowest BCUT2D eigenvalue weighted by Crippen LogP contribution is -2.49. The zero-order valence-electron chi connectivity index (χ0n) is 16.4. The number of nitrogens with zero attached hydrogens (tertiary/aromatic N) is 3. The van der Waals surface area contributed by atoms with Crippen molar-refractivity contribution in [3.8, 4) is 0 Å². The number of methoxy groups -OCH3 is 1. The number of halogens is 1. The van der Waals surface area contributed by atoms with Crippen molar-refractivity contribution in [2.24, 2.45) is 5.92 Å². The Bertz CT molecular complexity index is 681. The molecule has 1 saturated heterocycles. The van der Waals surface area contributed by atoms with Crippen LogP contribution in [0.2, 0.25) is 0 Å². The number of carbonyl (C=O) groups is 1. The average molecular weight is 367 g/mol. The van der Waals surface area contributed by atoms with E-state index in [4.69, 9.17) is 4.74 Å². The van der Waals surface area contributed by atoms with Gasteiger partial charge < -0.3 is 4.74 Å². The molecule has 0 bridgehead atoms. The molecule has 6 nitrogen and oxygen atoms in total. The third kappa shape index (κ3) is 4.90. The maximum atomic E-state index is 13.0. The van der Waals surface area contributed by atoms with Crippen molar-refractivity contribution in [3.63, 3.8) is 0 Å². The van der Waals surface area contributed by atoms with Gasteiger partial charge in [0, 0.05) is 25.8 Å². The molecule has 0 spiro atoms. The normalized spacial score (nSPS) is 16.8. The van der Waals surface area contributed by atoms with Gasteiger partial charge in [0.1, 0.15) is 12.2 Å². The van der Waals surface area contributed by atoms with Crippen LogP contribution in [0.25, 0.3) is 0 Å². The summed E-state index contributed by atoms with van der Waals surface area (Å²) in [5.41, 5.74) is 1.25. The van der Waals surface area contributed by atoms with E-state index in [1.807, 2.05) is 32.6 Å². The summed E-state index contributed by atoms with van der Waals surface area (Å²) in [7, 11) is 1.33. The summed E-state index contributed by atoms with van der Waals surface area (Å²) < 4.78 is 19.3. The van der Waals surface area contributed by atoms with E-state index in [2.05, 4.69) is 4.98 Å². The van der Waals surface area contributed by atoms with Crippen LogP contribution in [0.1, 0.15) is 57.3 Å². The maximum Gasteiger partial charge on any atom is 0.348 e. The van der Waals surface area contributed by atoms with Gasteiger partial charge in [0.05, 0.1) is 12.8 Å². The lowest BCUT2D eigenvalue weighted by molar-refractivity contribution is -0.145. The standard InChI is InChI=1S/C19H30FN3O3/c1-12(2)8-16(18(24)26-5)23-9-14(6-7-22-10-15(20)11-22)17(13(3)4)21-19(23)25/h9,12-13,15-16H,6-8,10-11H2,1-5H3. The fraction of sp³-hybridized carbons (Fsp3) is 0.737. The molecule has 146 valence electrons. The summed E-state index contributed by atoms with van der Waals surface area (Å²) in [6.07, 6.45) is 2.19. The second-order valence-electron chi connectivity index (χ2n) is 7.77. The first kappa shape index (κ1) is 20.6. The molecule has 0 amide bonds. The van der Waals surface area contributed by atoms with Crippen molar-refractivity contribution in [3.05, 3.63) is 27.9 Å². The van der Waals surface area contributed by atoms with Gasteiger partial charge in [0.2, 0.25) is 0 Å². The SMILES string of the molecule is COC(=O)C(CC(C)C)n1cc(CCN2CC(F)C2)c(C(C)C)nc1=O. The van der Waals surface area contributed by atoms with Gasteiger partial charge in [0.15, 0.2) is 0 Å². The highest BCUT2D eigenvalue weighted by atomic mass is 19.1. The molecule has 7 heteroatoms. The molecule has 2 heterocycles. The van der Waals surface area contributed by atoms with E-state index in [9.17, 15) is 14.0 Å². The van der Waals surface area contributed by atoms with Gasteiger partial charge >= 0.3 is 11.7 Å². The van der Waals surface area contributed by atoms with Gasteiger partial charge in [-0.25, -0.2) is 14.0 Å². The summed E-state index contributed by atoms with van der Waals surface area (Å²) in [6, 6.07) is -0.681. The molecule has 1 aromatic heterocycles. The number of rotatable bonds is 8. The fourth-order valence-electron chi connectivity index (χ4n) is 3.31. The molecule has 0 radical (unpaired) electrons. The van der Waals surface area contributed by atoms with Gasteiger partial charge in [0.25, 0.3) is 0 Å². The molecule has 2 rings (SSSR count). The number of alkyl halides is 1. The van der Waals surface area contributed by atoms with Crippen molar-refractivity contribution in [1.82, 2.24) is 14.5 Å². The number of aromatic nitrogens is 2. The number of esters is 1. The van der Waals surface area contributed by atoms with E-state index in [0.717, 1.165) is 11.3 Å². The van der Waals surface area contributed by atoms with Gasteiger partial charge in [-0.05, 0) is 30.2 Å². The van der Waals surface area contributed by atoms with Crippen LogP contribution in [-0.4, -0.2) is 53.3 Å². The van der Waals surface area contributed by atoms with Crippen LogP contribution in [-0.2, 0) is 16.0 Å². The number of ether oxygens (including phenoxy) is 1. The number of hydrogen-bond donors (Lipinski definition) is 0. The Morgan fingerprint density at radius 1 is 1.35 bits per heavy atom. The Labute approximate surface area is 154 Å². The van der Waals surface area contributed by atoms with E-state index < -0.39 is 23.9 Å². The second kappa shape index (κ2) is 8.75. The fourth-order valence-corrected chi connectivity index (χ4v) is 3.31. The molecule has 0 saturated carbocycles. The molecule has 1 atom stereocenters. The zero-order valence-corrected chi connectivity index (χ0v) is 16.4. The number of hydrogen-bond acceptors (Lipinski definition) is 5. The quantitative estimate of drug-likeness (QED) is 0.660. The minimum absolute atomic E-state index is 0.0966. The third-order valence-electron chi connectivity index (χ3n) is 4.72. The smallest absolute Gasteiger partial charge is 0.348 e. The minimum atomic E-state index is -0.735.